The highest BCUT2D eigenvalue weighted by molar-refractivity contribution is 5.92. The molecule has 1 aliphatic heterocycles. The van der Waals surface area contributed by atoms with Gasteiger partial charge in [-0.25, -0.2) is 13.2 Å². The summed E-state index contributed by atoms with van der Waals surface area (Å²) in [5.41, 5.74) is 7.00. The van der Waals surface area contributed by atoms with Gasteiger partial charge in [-0.05, 0) is 73.1 Å². The van der Waals surface area contributed by atoms with Crippen LogP contribution >= 0.6 is 0 Å². The van der Waals surface area contributed by atoms with Crippen LogP contribution in [0.2, 0.25) is 0 Å². The van der Waals surface area contributed by atoms with E-state index < -0.39 is 11.6 Å². The molecule has 8 heteroatoms. The number of halogens is 3. The SMILES string of the molecule is Fc1ccc(-c2[nH]c3c(F)cc(F)cc3c2C2CCC2)cc1.NC=O.O=C1CCCCN1. The molecular formula is C24H26F3N3O2. The number of aromatic nitrogens is 1. The zero-order valence-corrected chi connectivity index (χ0v) is 17.6. The Kier molecular flexibility index (Phi) is 7.92. The predicted octanol–water partition coefficient (Wildman–Crippen LogP) is 4.91. The lowest BCUT2D eigenvalue weighted by atomic mass is 9.78. The fourth-order valence-corrected chi connectivity index (χ4v) is 3.93. The Morgan fingerprint density at radius 2 is 1.66 bits per heavy atom. The van der Waals surface area contributed by atoms with Crippen molar-refractivity contribution in [2.45, 2.75) is 44.4 Å². The van der Waals surface area contributed by atoms with Crippen LogP contribution in [0.15, 0.2) is 36.4 Å². The summed E-state index contributed by atoms with van der Waals surface area (Å²) in [6, 6.07) is 8.35. The van der Waals surface area contributed by atoms with Crippen LogP contribution in [0.25, 0.3) is 22.2 Å². The molecule has 0 radical (unpaired) electrons. The van der Waals surface area contributed by atoms with E-state index in [2.05, 4.69) is 16.0 Å². The van der Waals surface area contributed by atoms with Gasteiger partial charge in [0.2, 0.25) is 12.3 Å². The molecule has 2 aliphatic rings. The van der Waals surface area contributed by atoms with Gasteiger partial charge in [0.1, 0.15) is 17.5 Å². The minimum atomic E-state index is -0.594. The number of rotatable bonds is 2. The van der Waals surface area contributed by atoms with E-state index in [-0.39, 0.29) is 18.1 Å². The van der Waals surface area contributed by atoms with Crippen LogP contribution in [0, 0.1) is 17.5 Å². The average Bonchev–Trinajstić information content (AvgIpc) is 3.08. The van der Waals surface area contributed by atoms with Gasteiger partial charge >= 0.3 is 0 Å². The Morgan fingerprint density at radius 1 is 0.969 bits per heavy atom. The second kappa shape index (κ2) is 10.8. The molecule has 0 atom stereocenters. The van der Waals surface area contributed by atoms with Crippen molar-refractivity contribution in [1.82, 2.24) is 10.3 Å². The molecule has 1 saturated heterocycles. The van der Waals surface area contributed by atoms with Gasteiger partial charge in [0.05, 0.1) is 11.2 Å². The van der Waals surface area contributed by atoms with E-state index in [4.69, 9.17) is 4.79 Å². The number of amides is 2. The highest BCUT2D eigenvalue weighted by atomic mass is 19.1. The first-order valence-corrected chi connectivity index (χ1v) is 10.6. The maximum Gasteiger partial charge on any atom is 0.219 e. The molecular weight excluding hydrogens is 419 g/mol. The van der Waals surface area contributed by atoms with Crippen molar-refractivity contribution in [2.75, 3.05) is 6.54 Å². The van der Waals surface area contributed by atoms with Gasteiger partial charge in [0, 0.05) is 24.4 Å². The van der Waals surface area contributed by atoms with Crippen molar-refractivity contribution in [2.24, 2.45) is 5.73 Å². The van der Waals surface area contributed by atoms with Crippen LogP contribution in [-0.4, -0.2) is 23.8 Å². The molecule has 2 heterocycles. The lowest BCUT2D eigenvalue weighted by Gasteiger charge is -2.26. The molecule has 170 valence electrons. The third-order valence-electron chi connectivity index (χ3n) is 5.66. The largest absolute Gasteiger partial charge is 0.372 e. The van der Waals surface area contributed by atoms with Crippen molar-refractivity contribution in [3.05, 3.63) is 59.4 Å². The third-order valence-corrected chi connectivity index (χ3v) is 5.66. The lowest BCUT2D eigenvalue weighted by Crippen LogP contribution is -2.28. The number of piperidine rings is 1. The summed E-state index contributed by atoms with van der Waals surface area (Å²) < 4.78 is 40.8. The van der Waals surface area contributed by atoms with Crippen LogP contribution in [-0.2, 0) is 9.59 Å². The summed E-state index contributed by atoms with van der Waals surface area (Å²) >= 11 is 0. The maximum atomic E-state index is 14.1. The molecule has 3 aromatic rings. The molecule has 2 aromatic carbocycles. The van der Waals surface area contributed by atoms with Crippen LogP contribution in [0.1, 0.15) is 50.0 Å². The van der Waals surface area contributed by atoms with Gasteiger partial charge in [-0.3, -0.25) is 9.59 Å². The third kappa shape index (κ3) is 5.49. The summed E-state index contributed by atoms with van der Waals surface area (Å²) in [5, 5.41) is 3.34. The van der Waals surface area contributed by atoms with Gasteiger partial charge in [0.25, 0.3) is 0 Å². The Morgan fingerprint density at radius 3 is 2.16 bits per heavy atom. The van der Waals surface area contributed by atoms with Crippen molar-refractivity contribution in [3.8, 4) is 11.3 Å². The van der Waals surface area contributed by atoms with Crippen molar-refractivity contribution < 1.29 is 22.8 Å². The number of nitrogens with one attached hydrogen (secondary N) is 2. The van der Waals surface area contributed by atoms with E-state index in [1.165, 1.54) is 18.2 Å². The Balaban J connectivity index is 0.000000242. The van der Waals surface area contributed by atoms with E-state index in [9.17, 15) is 18.0 Å². The standard InChI is InChI=1S/C18H14F3N.C5H9NO.CH3NO/c19-12-6-4-11(5-7-12)17-16(10-2-1-3-10)14-8-13(20)9-15(21)18(14)22-17;7-5-3-1-2-4-6-5;2-1-3/h4-10,22H,1-3H2;1-4H2,(H,6,7);1H,(H2,2,3). The second-order valence-electron chi connectivity index (χ2n) is 7.80. The van der Waals surface area contributed by atoms with Gasteiger partial charge in [-0.1, -0.05) is 6.42 Å². The number of H-pyrrole nitrogens is 1. The van der Waals surface area contributed by atoms with Crippen LogP contribution < -0.4 is 11.1 Å². The van der Waals surface area contributed by atoms with Crippen molar-refractivity contribution >= 4 is 23.2 Å². The molecule has 1 aromatic heterocycles. The molecule has 2 fully saturated rings. The highest BCUT2D eigenvalue weighted by Crippen LogP contribution is 2.45. The van der Waals surface area contributed by atoms with Crippen molar-refractivity contribution in [3.63, 3.8) is 0 Å². The highest BCUT2D eigenvalue weighted by Gasteiger charge is 2.27. The molecule has 0 unspecified atom stereocenters. The summed E-state index contributed by atoms with van der Waals surface area (Å²) in [5.74, 6) is -0.970. The molecule has 0 spiro atoms. The van der Waals surface area contributed by atoms with Crippen molar-refractivity contribution in [1.29, 1.82) is 0 Å². The number of nitrogens with two attached hydrogens (primary N) is 1. The fourth-order valence-electron chi connectivity index (χ4n) is 3.93. The van der Waals surface area contributed by atoms with Gasteiger partial charge in [-0.15, -0.1) is 0 Å². The molecule has 5 rings (SSSR count). The average molecular weight is 445 g/mol. The first kappa shape index (κ1) is 23.4. The summed E-state index contributed by atoms with van der Waals surface area (Å²) in [6.07, 6.45) is 6.37. The quantitative estimate of drug-likeness (QED) is 0.490. The van der Waals surface area contributed by atoms with E-state index in [1.807, 2.05) is 0 Å². The molecule has 32 heavy (non-hydrogen) atoms. The number of hydrogen-bond acceptors (Lipinski definition) is 2. The Bertz CT molecular complexity index is 1070. The number of fused-ring (bicyclic) bond motifs is 1. The van der Waals surface area contributed by atoms with E-state index in [0.717, 1.165) is 68.0 Å². The van der Waals surface area contributed by atoms with Gasteiger partial charge in [0.15, 0.2) is 0 Å². The number of hydrogen-bond donors (Lipinski definition) is 3. The van der Waals surface area contributed by atoms with E-state index in [0.29, 0.717) is 16.8 Å². The molecule has 2 amide bonds. The first-order chi connectivity index (χ1) is 15.4. The maximum absolute atomic E-state index is 14.1. The molecule has 1 aliphatic carbocycles. The van der Waals surface area contributed by atoms with E-state index >= 15 is 0 Å². The summed E-state index contributed by atoms with van der Waals surface area (Å²) in [4.78, 5) is 22.0. The topological polar surface area (TPSA) is 88.0 Å². The van der Waals surface area contributed by atoms with E-state index in [1.54, 1.807) is 12.1 Å². The van der Waals surface area contributed by atoms with Crippen LogP contribution in [0.4, 0.5) is 13.2 Å². The zero-order chi connectivity index (χ0) is 23.1. The molecule has 0 bridgehead atoms. The fraction of sp³-hybridized carbons (Fsp3) is 0.333. The summed E-state index contributed by atoms with van der Waals surface area (Å²) in [6.45, 7) is 0.888. The zero-order valence-electron chi connectivity index (χ0n) is 17.6. The Hall–Kier alpha value is -3.29. The van der Waals surface area contributed by atoms with Crippen LogP contribution in [0.5, 0.6) is 0 Å². The number of aromatic amines is 1. The number of primary amides is 1. The Labute approximate surface area is 184 Å². The lowest BCUT2D eigenvalue weighted by molar-refractivity contribution is -0.122. The van der Waals surface area contributed by atoms with Crippen LogP contribution in [0.3, 0.4) is 0 Å². The summed E-state index contributed by atoms with van der Waals surface area (Å²) in [7, 11) is 0. The minimum absolute atomic E-state index is 0.214. The molecule has 5 nitrogen and oxygen atoms in total. The smallest absolute Gasteiger partial charge is 0.219 e. The predicted molar refractivity (Wildman–Crippen MR) is 117 cm³/mol. The number of carbonyl (C=O) groups excluding carboxylic acids is 2. The first-order valence-electron chi connectivity index (χ1n) is 10.6. The second-order valence-corrected chi connectivity index (χ2v) is 7.80. The van der Waals surface area contributed by atoms with Gasteiger partial charge < -0.3 is 16.0 Å². The van der Waals surface area contributed by atoms with Gasteiger partial charge in [-0.2, -0.15) is 0 Å². The molecule has 4 N–H and O–H groups in total. The number of carbonyl (C=O) groups is 2. The number of benzene rings is 2. The minimum Gasteiger partial charge on any atom is -0.372 e. The molecule has 1 saturated carbocycles. The monoisotopic (exact) mass is 445 g/mol. The normalized spacial score (nSPS) is 15.5.